The van der Waals surface area contributed by atoms with Crippen LogP contribution in [-0.4, -0.2) is 0 Å². The minimum absolute atomic E-state index is 0.235. The van der Waals surface area contributed by atoms with E-state index < -0.39 is 0 Å². The quantitative estimate of drug-likeness (QED) is 0.567. The Balaban J connectivity index is 2.37. The van der Waals surface area contributed by atoms with Crippen molar-refractivity contribution in [3.05, 3.63) is 54.6 Å². The molecule has 0 spiro atoms. The third kappa shape index (κ3) is 2.74. The molecule has 0 nitrogen and oxygen atoms in total. The smallest absolute Gasteiger partial charge is 0.0942 e. The third-order valence-electron chi connectivity index (χ3n) is 2.08. The fraction of sp³-hybridized carbons (Fsp3) is 0.0909. The number of halogens is 4. The zero-order chi connectivity index (χ0) is 11.7. The van der Waals surface area contributed by atoms with E-state index in [0.717, 1.165) is 14.2 Å². The lowest BCUT2D eigenvalue weighted by Gasteiger charge is -2.09. The predicted molar refractivity (Wildman–Crippen MR) is 76.2 cm³/mol. The highest BCUT2D eigenvalue weighted by Crippen LogP contribution is 2.39. The van der Waals surface area contributed by atoms with Crippen molar-refractivity contribution in [2.45, 2.75) is 5.38 Å². The van der Waals surface area contributed by atoms with E-state index in [2.05, 4.69) is 15.9 Å². The summed E-state index contributed by atoms with van der Waals surface area (Å²) in [4.78, 5) is 1.05. The molecule has 0 bridgehead atoms. The van der Waals surface area contributed by atoms with E-state index in [0.29, 0.717) is 10.0 Å². The zero-order valence-electron chi connectivity index (χ0n) is 7.88. The second-order valence-corrected chi connectivity index (χ2v) is 6.94. The molecule has 2 rings (SSSR count). The first-order chi connectivity index (χ1) is 7.58. The summed E-state index contributed by atoms with van der Waals surface area (Å²) >= 11 is 23.3. The first-order valence-electron chi connectivity index (χ1n) is 4.42. The molecule has 1 aromatic carbocycles. The largest absolute Gasteiger partial charge is 0.131 e. The molecule has 84 valence electrons. The summed E-state index contributed by atoms with van der Waals surface area (Å²) in [7, 11) is 0. The number of hydrogen-bond donors (Lipinski definition) is 0. The number of hydrogen-bond acceptors (Lipinski definition) is 1. The van der Waals surface area contributed by atoms with Crippen molar-refractivity contribution in [3.63, 3.8) is 0 Å². The summed E-state index contributed by atoms with van der Waals surface area (Å²) < 4.78 is 1.05. The van der Waals surface area contributed by atoms with Gasteiger partial charge >= 0.3 is 0 Å². The zero-order valence-corrected chi connectivity index (χ0v) is 12.6. The molecule has 0 radical (unpaired) electrons. The third-order valence-corrected chi connectivity index (χ3v) is 4.93. The van der Waals surface area contributed by atoms with Gasteiger partial charge in [-0.1, -0.05) is 29.3 Å². The van der Waals surface area contributed by atoms with E-state index in [1.54, 1.807) is 23.5 Å². The van der Waals surface area contributed by atoms with Crippen molar-refractivity contribution in [1.82, 2.24) is 0 Å². The van der Waals surface area contributed by atoms with Gasteiger partial charge in [0.15, 0.2) is 0 Å². The van der Waals surface area contributed by atoms with Crippen LogP contribution >= 0.6 is 62.1 Å². The summed E-state index contributed by atoms with van der Waals surface area (Å²) in [5.41, 5.74) is 0.877. The lowest BCUT2D eigenvalue weighted by molar-refractivity contribution is 1.18. The van der Waals surface area contributed by atoms with Gasteiger partial charge in [-0.15, -0.1) is 22.9 Å². The molecule has 1 aromatic heterocycles. The molecule has 1 heterocycles. The monoisotopic (exact) mass is 354 g/mol. The van der Waals surface area contributed by atoms with Crippen LogP contribution in [0.1, 0.15) is 15.8 Å². The second-order valence-electron chi connectivity index (χ2n) is 3.17. The van der Waals surface area contributed by atoms with Crippen LogP contribution in [0.2, 0.25) is 10.0 Å². The Labute approximate surface area is 121 Å². The molecular formula is C11H6BrCl3S. The maximum Gasteiger partial charge on any atom is 0.0942 e. The highest BCUT2D eigenvalue weighted by atomic mass is 79.9. The van der Waals surface area contributed by atoms with Crippen LogP contribution in [0.25, 0.3) is 0 Å². The Morgan fingerprint density at radius 1 is 1.12 bits per heavy atom. The lowest BCUT2D eigenvalue weighted by atomic mass is 10.1. The van der Waals surface area contributed by atoms with Gasteiger partial charge in [-0.2, -0.15) is 0 Å². The number of rotatable bonds is 2. The maximum absolute atomic E-state index is 6.36. The summed E-state index contributed by atoms with van der Waals surface area (Å²) in [6.07, 6.45) is 0. The Morgan fingerprint density at radius 2 is 1.88 bits per heavy atom. The van der Waals surface area contributed by atoms with E-state index in [4.69, 9.17) is 34.8 Å². The molecule has 0 fully saturated rings. The molecule has 0 saturated heterocycles. The topological polar surface area (TPSA) is 0 Å². The summed E-state index contributed by atoms with van der Waals surface area (Å²) in [6.45, 7) is 0. The molecule has 0 saturated carbocycles. The van der Waals surface area contributed by atoms with Gasteiger partial charge in [0.1, 0.15) is 0 Å². The molecule has 16 heavy (non-hydrogen) atoms. The van der Waals surface area contributed by atoms with Crippen molar-refractivity contribution in [1.29, 1.82) is 0 Å². The Morgan fingerprint density at radius 3 is 2.44 bits per heavy atom. The second kappa shape index (κ2) is 5.28. The van der Waals surface area contributed by atoms with Crippen LogP contribution in [0.5, 0.6) is 0 Å². The Bertz CT molecular complexity index is 510. The highest BCUT2D eigenvalue weighted by molar-refractivity contribution is 9.11. The molecule has 0 amide bonds. The summed E-state index contributed by atoms with van der Waals surface area (Å²) in [6, 6.07) is 9.31. The molecule has 2 aromatic rings. The molecule has 0 aliphatic rings. The van der Waals surface area contributed by atoms with Crippen LogP contribution in [0, 0.1) is 0 Å². The molecular weight excluding hydrogens is 350 g/mol. The van der Waals surface area contributed by atoms with Gasteiger partial charge in [0.05, 0.1) is 9.16 Å². The molecule has 0 aliphatic carbocycles. The molecule has 1 unspecified atom stereocenters. The van der Waals surface area contributed by atoms with Gasteiger partial charge in [0, 0.05) is 14.9 Å². The van der Waals surface area contributed by atoms with E-state index in [1.165, 1.54) is 0 Å². The van der Waals surface area contributed by atoms with Gasteiger partial charge in [0.2, 0.25) is 0 Å². The normalized spacial score (nSPS) is 12.8. The van der Waals surface area contributed by atoms with Crippen LogP contribution in [0.4, 0.5) is 0 Å². The minimum atomic E-state index is -0.235. The van der Waals surface area contributed by atoms with Gasteiger partial charge in [0.25, 0.3) is 0 Å². The fourth-order valence-corrected chi connectivity index (χ4v) is 3.72. The van der Waals surface area contributed by atoms with Crippen molar-refractivity contribution in [2.75, 3.05) is 0 Å². The first kappa shape index (κ1) is 12.7. The van der Waals surface area contributed by atoms with Gasteiger partial charge in [-0.05, 0) is 45.8 Å². The van der Waals surface area contributed by atoms with Crippen molar-refractivity contribution >= 4 is 62.1 Å². The van der Waals surface area contributed by atoms with Crippen molar-refractivity contribution in [3.8, 4) is 0 Å². The minimum Gasteiger partial charge on any atom is -0.131 e. The Hall–Kier alpha value is 0.270. The maximum atomic E-state index is 6.36. The SMILES string of the molecule is Clc1ccc(C(Cl)c2ccc(Br)s2)c(Cl)c1. The van der Waals surface area contributed by atoms with Crippen molar-refractivity contribution < 1.29 is 0 Å². The van der Waals surface area contributed by atoms with E-state index >= 15 is 0 Å². The van der Waals surface area contributed by atoms with Crippen LogP contribution in [0.3, 0.4) is 0 Å². The van der Waals surface area contributed by atoms with Crippen LogP contribution in [0.15, 0.2) is 34.1 Å². The first-order valence-corrected chi connectivity index (χ1v) is 7.22. The summed E-state index contributed by atoms with van der Waals surface area (Å²) in [5.74, 6) is 0. The molecule has 1 atom stereocenters. The van der Waals surface area contributed by atoms with E-state index in [-0.39, 0.29) is 5.38 Å². The van der Waals surface area contributed by atoms with Crippen molar-refractivity contribution in [2.24, 2.45) is 0 Å². The fourth-order valence-electron chi connectivity index (χ4n) is 1.32. The van der Waals surface area contributed by atoms with Gasteiger partial charge in [-0.25, -0.2) is 0 Å². The predicted octanol–water partition coefficient (Wildman–Crippen LogP) is 6.15. The number of alkyl halides is 1. The highest BCUT2D eigenvalue weighted by Gasteiger charge is 2.16. The van der Waals surface area contributed by atoms with E-state index in [1.807, 2.05) is 18.2 Å². The lowest BCUT2D eigenvalue weighted by Crippen LogP contribution is -1.91. The average molecular weight is 356 g/mol. The number of thiophene rings is 1. The van der Waals surface area contributed by atoms with Gasteiger partial charge in [-0.3, -0.25) is 0 Å². The number of benzene rings is 1. The average Bonchev–Trinajstić information content (AvgIpc) is 2.64. The van der Waals surface area contributed by atoms with Crippen LogP contribution < -0.4 is 0 Å². The summed E-state index contributed by atoms with van der Waals surface area (Å²) in [5, 5.41) is 0.975. The molecule has 0 aliphatic heterocycles. The Kier molecular flexibility index (Phi) is 4.20. The van der Waals surface area contributed by atoms with Gasteiger partial charge < -0.3 is 0 Å². The molecule has 5 heteroatoms. The van der Waals surface area contributed by atoms with E-state index in [9.17, 15) is 0 Å². The van der Waals surface area contributed by atoms with Crippen LogP contribution in [-0.2, 0) is 0 Å². The molecule has 0 N–H and O–H groups in total. The standard InChI is InChI=1S/C11H6BrCl3S/c12-10-4-3-9(16-10)11(15)7-2-1-6(13)5-8(7)14/h1-5,11H.